The lowest BCUT2D eigenvalue weighted by atomic mass is 9.94. The molecule has 1 aromatic heterocycles. The molecule has 0 spiro atoms. The number of nitrogens with two attached hydrogens (primary N) is 1. The number of benzene rings is 1. The van der Waals surface area contributed by atoms with E-state index in [2.05, 4.69) is 29.3 Å². The van der Waals surface area contributed by atoms with Crippen molar-refractivity contribution < 1.29 is 0 Å². The van der Waals surface area contributed by atoms with Gasteiger partial charge < -0.3 is 10.7 Å². The number of H-pyrrole nitrogens is 1. The molecule has 100 valence electrons. The van der Waals surface area contributed by atoms with Gasteiger partial charge in [-0.3, -0.25) is 0 Å². The first-order valence-corrected chi connectivity index (χ1v) is 7.56. The Kier molecular flexibility index (Phi) is 4.52. The predicted molar refractivity (Wildman–Crippen MR) is 81.1 cm³/mol. The molecule has 0 aliphatic heterocycles. The van der Waals surface area contributed by atoms with Crippen LogP contribution in [0.1, 0.15) is 26.2 Å². The summed E-state index contributed by atoms with van der Waals surface area (Å²) in [5.74, 6) is 0.980. The molecule has 0 saturated carbocycles. The average Bonchev–Trinajstić information content (AvgIpc) is 2.86. The quantitative estimate of drug-likeness (QED) is 0.623. The smallest absolute Gasteiger partial charge is 0.104 e. The van der Waals surface area contributed by atoms with Crippen molar-refractivity contribution >= 4 is 22.7 Å². The van der Waals surface area contributed by atoms with Crippen molar-refractivity contribution in [1.29, 1.82) is 5.26 Å². The van der Waals surface area contributed by atoms with E-state index < -0.39 is 5.54 Å². The van der Waals surface area contributed by atoms with E-state index in [4.69, 9.17) is 11.0 Å². The van der Waals surface area contributed by atoms with E-state index in [0.717, 1.165) is 18.6 Å². The molecule has 1 atom stereocenters. The van der Waals surface area contributed by atoms with E-state index in [9.17, 15) is 0 Å². The minimum atomic E-state index is -0.652. The maximum Gasteiger partial charge on any atom is 0.104 e. The van der Waals surface area contributed by atoms with E-state index in [1.807, 2.05) is 19.1 Å². The minimum absolute atomic E-state index is 0.652. The number of para-hydroxylation sites is 1. The lowest BCUT2D eigenvalue weighted by Gasteiger charge is -2.18. The molecule has 0 saturated heterocycles. The van der Waals surface area contributed by atoms with E-state index in [0.29, 0.717) is 6.42 Å². The number of nitrogens with one attached hydrogen (secondary N) is 1. The molecule has 1 heterocycles. The van der Waals surface area contributed by atoms with E-state index in [1.54, 1.807) is 11.8 Å². The standard InChI is InChI=1S/C15H19N3S/c1-2-15(17,11-16)8-5-9-19-14-10-12-6-3-4-7-13(12)18-14/h3-4,6-7,10,18H,2,5,8-9,17H2,1H3. The Labute approximate surface area is 118 Å². The minimum Gasteiger partial charge on any atom is -0.350 e. The second-order valence-electron chi connectivity index (χ2n) is 4.79. The maximum atomic E-state index is 9.01. The summed E-state index contributed by atoms with van der Waals surface area (Å²) in [5.41, 5.74) is 6.48. The molecule has 3 nitrogen and oxygen atoms in total. The fourth-order valence-electron chi connectivity index (χ4n) is 2.01. The van der Waals surface area contributed by atoms with Gasteiger partial charge in [-0.2, -0.15) is 5.26 Å². The Morgan fingerprint density at radius 2 is 2.21 bits per heavy atom. The van der Waals surface area contributed by atoms with Crippen molar-refractivity contribution in [2.24, 2.45) is 5.73 Å². The molecule has 3 N–H and O–H groups in total. The molecule has 0 aliphatic carbocycles. The van der Waals surface area contributed by atoms with Gasteiger partial charge in [0.1, 0.15) is 5.54 Å². The fourth-order valence-corrected chi connectivity index (χ4v) is 2.91. The summed E-state index contributed by atoms with van der Waals surface area (Å²) in [6, 6.07) is 12.6. The molecule has 0 fully saturated rings. The Morgan fingerprint density at radius 1 is 1.42 bits per heavy atom. The van der Waals surface area contributed by atoms with Crippen LogP contribution in [-0.4, -0.2) is 16.3 Å². The van der Waals surface area contributed by atoms with Crippen LogP contribution in [0.4, 0.5) is 0 Å². The molecule has 0 aliphatic rings. The highest BCUT2D eigenvalue weighted by atomic mass is 32.2. The van der Waals surface area contributed by atoms with Gasteiger partial charge in [-0.05, 0) is 37.1 Å². The zero-order valence-corrected chi connectivity index (χ0v) is 12.0. The normalized spacial score (nSPS) is 14.2. The van der Waals surface area contributed by atoms with Crippen LogP contribution in [0.5, 0.6) is 0 Å². The lowest BCUT2D eigenvalue weighted by Crippen LogP contribution is -2.37. The second-order valence-corrected chi connectivity index (χ2v) is 5.93. The fraction of sp³-hybridized carbons (Fsp3) is 0.400. The Balaban J connectivity index is 1.85. The molecule has 1 aromatic carbocycles. The first kappa shape index (κ1) is 14.0. The number of rotatable bonds is 6. The van der Waals surface area contributed by atoms with Crippen LogP contribution in [0.3, 0.4) is 0 Å². The third-order valence-corrected chi connectivity index (χ3v) is 4.41. The predicted octanol–water partition coefficient (Wildman–Crippen LogP) is 3.67. The SMILES string of the molecule is CCC(N)(C#N)CCCSc1cc2ccccc2[nH]1. The van der Waals surface area contributed by atoms with E-state index >= 15 is 0 Å². The average molecular weight is 273 g/mol. The van der Waals surface area contributed by atoms with Gasteiger partial charge in [0.05, 0.1) is 11.1 Å². The number of hydrogen-bond acceptors (Lipinski definition) is 3. The topological polar surface area (TPSA) is 65.6 Å². The molecule has 2 aromatic rings. The van der Waals surface area contributed by atoms with Crippen molar-refractivity contribution in [3.63, 3.8) is 0 Å². The molecule has 0 amide bonds. The van der Waals surface area contributed by atoms with Gasteiger partial charge in [-0.15, -0.1) is 11.8 Å². The second kappa shape index (κ2) is 6.14. The number of thioether (sulfide) groups is 1. The third kappa shape index (κ3) is 3.52. The van der Waals surface area contributed by atoms with Gasteiger partial charge in [0.25, 0.3) is 0 Å². The zero-order chi connectivity index (χ0) is 13.7. The van der Waals surface area contributed by atoms with Crippen molar-refractivity contribution in [1.82, 2.24) is 4.98 Å². The van der Waals surface area contributed by atoms with Crippen LogP contribution in [-0.2, 0) is 0 Å². The molecule has 0 bridgehead atoms. The van der Waals surface area contributed by atoms with Gasteiger partial charge in [0.2, 0.25) is 0 Å². The number of aromatic amines is 1. The summed E-state index contributed by atoms with van der Waals surface area (Å²) in [5, 5.41) is 11.4. The maximum absolute atomic E-state index is 9.01. The van der Waals surface area contributed by atoms with Crippen molar-refractivity contribution in [3.8, 4) is 6.07 Å². The molecule has 4 heteroatoms. The van der Waals surface area contributed by atoms with Crippen LogP contribution in [0.25, 0.3) is 10.9 Å². The number of hydrogen-bond donors (Lipinski definition) is 2. The van der Waals surface area contributed by atoms with Gasteiger partial charge in [-0.25, -0.2) is 0 Å². The van der Waals surface area contributed by atoms with E-state index in [1.165, 1.54) is 15.9 Å². The number of nitrogens with zero attached hydrogens (tertiary/aromatic N) is 1. The van der Waals surface area contributed by atoms with E-state index in [-0.39, 0.29) is 0 Å². The van der Waals surface area contributed by atoms with Gasteiger partial charge >= 0.3 is 0 Å². The molecular weight excluding hydrogens is 254 g/mol. The van der Waals surface area contributed by atoms with Crippen molar-refractivity contribution in [3.05, 3.63) is 30.3 Å². The van der Waals surface area contributed by atoms with Crippen LogP contribution in [0, 0.1) is 11.3 Å². The monoisotopic (exact) mass is 273 g/mol. The summed E-state index contributed by atoms with van der Waals surface area (Å²) in [6.45, 7) is 1.97. The summed E-state index contributed by atoms with van der Waals surface area (Å²) >= 11 is 1.79. The highest BCUT2D eigenvalue weighted by Crippen LogP contribution is 2.25. The third-order valence-electron chi connectivity index (χ3n) is 3.38. The van der Waals surface area contributed by atoms with Gasteiger partial charge in [0.15, 0.2) is 0 Å². The Hall–Kier alpha value is -1.44. The van der Waals surface area contributed by atoms with Gasteiger partial charge in [0, 0.05) is 10.9 Å². The molecule has 19 heavy (non-hydrogen) atoms. The highest BCUT2D eigenvalue weighted by Gasteiger charge is 2.20. The zero-order valence-electron chi connectivity index (χ0n) is 11.1. The van der Waals surface area contributed by atoms with Crippen LogP contribution in [0.2, 0.25) is 0 Å². The largest absolute Gasteiger partial charge is 0.350 e. The summed E-state index contributed by atoms with van der Waals surface area (Å²) in [7, 11) is 0. The number of nitriles is 1. The van der Waals surface area contributed by atoms with Crippen LogP contribution < -0.4 is 5.73 Å². The summed E-state index contributed by atoms with van der Waals surface area (Å²) in [4.78, 5) is 3.39. The Bertz CT molecular complexity index is 551. The number of aromatic nitrogens is 1. The van der Waals surface area contributed by atoms with Gasteiger partial charge in [-0.1, -0.05) is 25.1 Å². The summed E-state index contributed by atoms with van der Waals surface area (Å²) in [6.07, 6.45) is 2.42. The molecule has 2 rings (SSSR count). The first-order valence-electron chi connectivity index (χ1n) is 6.57. The molecular formula is C15H19N3S. The van der Waals surface area contributed by atoms with Crippen molar-refractivity contribution in [2.45, 2.75) is 36.8 Å². The lowest BCUT2D eigenvalue weighted by molar-refractivity contribution is 0.478. The highest BCUT2D eigenvalue weighted by molar-refractivity contribution is 7.99. The Morgan fingerprint density at radius 3 is 2.89 bits per heavy atom. The van der Waals surface area contributed by atoms with Crippen LogP contribution in [0.15, 0.2) is 35.4 Å². The molecule has 1 unspecified atom stereocenters. The molecule has 0 radical (unpaired) electrons. The summed E-state index contributed by atoms with van der Waals surface area (Å²) < 4.78 is 0. The van der Waals surface area contributed by atoms with Crippen LogP contribution >= 0.6 is 11.8 Å². The number of fused-ring (bicyclic) bond motifs is 1. The van der Waals surface area contributed by atoms with Crippen molar-refractivity contribution in [2.75, 3.05) is 5.75 Å². The first-order chi connectivity index (χ1) is 9.17.